The van der Waals surface area contributed by atoms with Crippen LogP contribution in [0.1, 0.15) is 42.7 Å². The fraction of sp³-hybridized carbons (Fsp3) is 0.320. The summed E-state index contributed by atoms with van der Waals surface area (Å²) in [6, 6.07) is 13.9. The molecule has 1 heterocycles. The van der Waals surface area contributed by atoms with Gasteiger partial charge in [0.1, 0.15) is 11.4 Å². The number of phenols is 1. The van der Waals surface area contributed by atoms with Crippen LogP contribution in [0, 0.1) is 5.41 Å². The van der Waals surface area contributed by atoms with Crippen LogP contribution in [0.25, 0.3) is 0 Å². The second-order valence-electron chi connectivity index (χ2n) is 9.44. The first-order valence-electron chi connectivity index (χ1n) is 10.9. The number of aromatic nitrogens is 2. The highest BCUT2D eigenvalue weighted by Gasteiger charge is 2.29. The van der Waals surface area contributed by atoms with Gasteiger partial charge in [-0.15, -0.1) is 0 Å². The van der Waals surface area contributed by atoms with E-state index in [0.717, 1.165) is 10.2 Å². The Kier molecular flexibility index (Phi) is 6.85. The Balaban J connectivity index is 2.14. The van der Waals surface area contributed by atoms with Crippen LogP contribution >= 0.6 is 0 Å². The predicted molar refractivity (Wildman–Crippen MR) is 134 cm³/mol. The fourth-order valence-electron chi connectivity index (χ4n) is 3.68. The minimum Gasteiger partial charge on any atom is -0.505 e. The highest BCUT2D eigenvalue weighted by Crippen LogP contribution is 2.37. The number of aromatic hydroxyl groups is 1. The number of aryl methyl sites for hydroxylation is 1. The molecule has 0 radical (unpaired) electrons. The molecule has 2 aromatic carbocycles. The van der Waals surface area contributed by atoms with Crippen molar-refractivity contribution in [1.82, 2.24) is 14.7 Å². The van der Waals surface area contributed by atoms with Gasteiger partial charge in [0.25, 0.3) is 17.0 Å². The maximum Gasteiger partial charge on any atom is 0.290 e. The number of nitrogens with one attached hydrogen (secondary N) is 3. The fourth-order valence-corrected chi connectivity index (χ4v) is 3.68. The maximum absolute atomic E-state index is 13.1. The van der Waals surface area contributed by atoms with E-state index >= 15 is 0 Å². The van der Waals surface area contributed by atoms with Gasteiger partial charge in [-0.2, -0.15) is 0 Å². The lowest BCUT2D eigenvalue weighted by Crippen LogP contribution is -2.35. The van der Waals surface area contributed by atoms with Gasteiger partial charge in [-0.1, -0.05) is 57.2 Å². The summed E-state index contributed by atoms with van der Waals surface area (Å²) < 4.78 is 1.10. The van der Waals surface area contributed by atoms with E-state index in [9.17, 15) is 19.5 Å². The molecule has 0 fully saturated rings. The summed E-state index contributed by atoms with van der Waals surface area (Å²) in [5.74, 6) is -0.711. The third-order valence-corrected chi connectivity index (χ3v) is 5.48. The van der Waals surface area contributed by atoms with Crippen LogP contribution in [0.15, 0.2) is 58.1 Å². The molecule has 0 aliphatic rings. The molecule has 1 atom stereocenters. The molecule has 0 spiro atoms. The van der Waals surface area contributed by atoms with E-state index in [1.54, 1.807) is 20.2 Å². The number of rotatable bonds is 6. The van der Waals surface area contributed by atoms with Crippen molar-refractivity contribution in [3.63, 3.8) is 0 Å². The summed E-state index contributed by atoms with van der Waals surface area (Å²) in [5.41, 5.74) is -0.183. The Hall–Kier alpha value is -4.01. The Bertz CT molecular complexity index is 1300. The van der Waals surface area contributed by atoms with Crippen LogP contribution in [0.3, 0.4) is 0 Å². The van der Waals surface area contributed by atoms with Crippen molar-refractivity contribution in [2.45, 2.75) is 26.8 Å². The van der Waals surface area contributed by atoms with Crippen molar-refractivity contribution < 1.29 is 9.90 Å². The smallest absolute Gasteiger partial charge is 0.290 e. The first-order valence-corrected chi connectivity index (χ1v) is 10.9. The van der Waals surface area contributed by atoms with Gasteiger partial charge in [0.05, 0.1) is 17.3 Å². The number of carbonyl (C=O) groups excluding carboxylic acids is 1. The molecule has 1 aromatic heterocycles. The summed E-state index contributed by atoms with van der Waals surface area (Å²) >= 11 is 0. The van der Waals surface area contributed by atoms with Crippen LogP contribution < -0.4 is 21.8 Å². The highest BCUT2D eigenvalue weighted by atomic mass is 16.3. The van der Waals surface area contributed by atoms with Crippen LogP contribution in [0.2, 0.25) is 0 Å². The maximum atomic E-state index is 13.1. The summed E-state index contributed by atoms with van der Waals surface area (Å²) in [4.78, 5) is 39.8. The number of nitrogens with zero attached hydrogens (tertiary/aromatic N) is 2. The SMILES string of the molecule is CN(C)C(=O)c1cccc(Nc2c(NC(c3ccccc3)C(C)(C)C)c(=O)n(C)[nH]c2=O)c1O. The number of carbonyl (C=O) groups is 1. The Morgan fingerprint density at radius 2 is 1.68 bits per heavy atom. The molecule has 3 aromatic rings. The molecule has 3 rings (SSSR count). The van der Waals surface area contributed by atoms with Crippen LogP contribution in [-0.4, -0.2) is 39.8 Å². The number of benzene rings is 2. The lowest BCUT2D eigenvalue weighted by Gasteiger charge is -2.33. The molecule has 34 heavy (non-hydrogen) atoms. The van der Waals surface area contributed by atoms with Crippen LogP contribution in [0.4, 0.5) is 17.1 Å². The molecule has 0 saturated carbocycles. The first-order chi connectivity index (χ1) is 15.9. The number of hydrogen-bond acceptors (Lipinski definition) is 6. The van der Waals surface area contributed by atoms with Crippen molar-refractivity contribution >= 4 is 23.0 Å². The van der Waals surface area contributed by atoms with E-state index < -0.39 is 17.0 Å². The Morgan fingerprint density at radius 3 is 2.26 bits per heavy atom. The van der Waals surface area contributed by atoms with E-state index in [1.807, 2.05) is 51.1 Å². The average molecular weight is 466 g/mol. The summed E-state index contributed by atoms with van der Waals surface area (Å²) in [6.45, 7) is 6.10. The predicted octanol–water partition coefficient (Wildman–Crippen LogP) is 3.42. The van der Waals surface area contributed by atoms with Crippen LogP contribution in [0.5, 0.6) is 5.75 Å². The zero-order chi connectivity index (χ0) is 25.2. The molecule has 0 aliphatic carbocycles. The normalized spacial score (nSPS) is 12.2. The van der Waals surface area contributed by atoms with Gasteiger partial charge in [0, 0.05) is 21.1 Å². The highest BCUT2D eigenvalue weighted by molar-refractivity contribution is 5.98. The number of para-hydroxylation sites is 1. The van der Waals surface area contributed by atoms with Gasteiger partial charge in [-0.25, -0.2) is 0 Å². The lowest BCUT2D eigenvalue weighted by molar-refractivity contribution is 0.0824. The van der Waals surface area contributed by atoms with E-state index in [0.29, 0.717) is 0 Å². The Labute approximate surface area is 198 Å². The number of amides is 1. The van der Waals surface area contributed by atoms with Gasteiger partial charge in [0.2, 0.25) is 0 Å². The number of phenolic OH excluding ortho intramolecular Hbond substituents is 1. The molecule has 0 aliphatic heterocycles. The zero-order valence-electron chi connectivity index (χ0n) is 20.3. The van der Waals surface area contributed by atoms with Gasteiger partial charge < -0.3 is 20.6 Å². The van der Waals surface area contributed by atoms with Crippen molar-refractivity contribution in [2.24, 2.45) is 12.5 Å². The first kappa shape index (κ1) is 24.6. The van der Waals surface area contributed by atoms with Gasteiger partial charge >= 0.3 is 0 Å². The molecule has 0 bridgehead atoms. The minimum atomic E-state index is -0.561. The molecule has 1 amide bonds. The molecular formula is C25H31N5O4. The van der Waals surface area contributed by atoms with Gasteiger partial charge in [0.15, 0.2) is 5.75 Å². The largest absolute Gasteiger partial charge is 0.505 e. The standard InChI is InChI=1S/C25H31N5O4/c1-25(2,3)21(15-11-8-7-9-12-15)27-19-18(22(32)28-30(6)24(19)34)26-17-14-10-13-16(20(17)31)23(33)29(4)5/h7-14,21,26-27,31H,1-6H3,(H,28,32). The van der Waals surface area contributed by atoms with Crippen molar-refractivity contribution in [3.05, 3.63) is 80.4 Å². The minimum absolute atomic E-state index is 0.0544. The quantitative estimate of drug-likeness (QED) is 0.414. The van der Waals surface area contributed by atoms with E-state index in [1.165, 1.54) is 24.1 Å². The van der Waals surface area contributed by atoms with Crippen molar-refractivity contribution in [2.75, 3.05) is 24.7 Å². The molecule has 9 heteroatoms. The number of anilines is 3. The second-order valence-corrected chi connectivity index (χ2v) is 9.44. The van der Waals surface area contributed by atoms with Crippen molar-refractivity contribution in [1.29, 1.82) is 0 Å². The van der Waals surface area contributed by atoms with Gasteiger partial charge in [-0.05, 0) is 23.1 Å². The molecular weight excluding hydrogens is 434 g/mol. The molecule has 180 valence electrons. The molecule has 4 N–H and O–H groups in total. The zero-order valence-corrected chi connectivity index (χ0v) is 20.3. The summed E-state index contributed by atoms with van der Waals surface area (Å²) in [5, 5.41) is 19.4. The molecule has 9 nitrogen and oxygen atoms in total. The van der Waals surface area contributed by atoms with Gasteiger partial charge in [-0.3, -0.25) is 24.2 Å². The lowest BCUT2D eigenvalue weighted by atomic mass is 9.82. The average Bonchev–Trinajstić information content (AvgIpc) is 2.77. The monoisotopic (exact) mass is 465 g/mol. The molecule has 0 saturated heterocycles. The molecule has 1 unspecified atom stereocenters. The third-order valence-electron chi connectivity index (χ3n) is 5.48. The summed E-state index contributed by atoms with van der Waals surface area (Å²) in [7, 11) is 4.61. The van der Waals surface area contributed by atoms with E-state index in [-0.39, 0.29) is 39.8 Å². The third kappa shape index (κ3) is 4.98. The topological polar surface area (TPSA) is 119 Å². The Morgan fingerprint density at radius 1 is 1.03 bits per heavy atom. The van der Waals surface area contributed by atoms with Crippen molar-refractivity contribution in [3.8, 4) is 5.75 Å². The second kappa shape index (κ2) is 9.46. The van der Waals surface area contributed by atoms with E-state index in [2.05, 4.69) is 15.7 Å². The number of hydrogen-bond donors (Lipinski definition) is 4. The van der Waals surface area contributed by atoms with Crippen LogP contribution in [-0.2, 0) is 7.05 Å². The number of H-pyrrole nitrogens is 1. The summed E-state index contributed by atoms with van der Waals surface area (Å²) in [6.07, 6.45) is 0. The number of aromatic amines is 1. The van der Waals surface area contributed by atoms with E-state index in [4.69, 9.17) is 0 Å².